The fourth-order valence-corrected chi connectivity index (χ4v) is 5.86. The molecule has 1 unspecified atom stereocenters. The summed E-state index contributed by atoms with van der Waals surface area (Å²) in [4.78, 5) is 2.53. The summed E-state index contributed by atoms with van der Waals surface area (Å²) in [5.74, 6) is 0. The molecule has 0 saturated carbocycles. The maximum atomic E-state index is 6.37. The maximum absolute atomic E-state index is 6.37. The highest BCUT2D eigenvalue weighted by Crippen LogP contribution is 2.49. The van der Waals surface area contributed by atoms with Gasteiger partial charge in [-0.05, 0) is 75.7 Å². The lowest BCUT2D eigenvalue weighted by molar-refractivity contribution is 0.810. The van der Waals surface area contributed by atoms with Crippen molar-refractivity contribution in [2.75, 3.05) is 11.4 Å². The molecular weight excluding hydrogens is 494 g/mol. The van der Waals surface area contributed by atoms with Crippen LogP contribution < -0.4 is 4.90 Å². The van der Waals surface area contributed by atoms with Crippen LogP contribution in [0.25, 0.3) is 11.1 Å². The Morgan fingerprint density at radius 3 is 1.56 bits per heavy atom. The summed E-state index contributed by atoms with van der Waals surface area (Å²) in [7, 11) is 0. The molecule has 0 aliphatic carbocycles. The first-order chi connectivity index (χ1) is 19.2. The molecule has 39 heavy (non-hydrogen) atoms. The predicted octanol–water partition coefficient (Wildman–Crippen LogP) is 9.88. The molecule has 6 rings (SSSR count). The highest BCUT2D eigenvalue weighted by atomic mass is 35.5. The van der Waals surface area contributed by atoms with E-state index >= 15 is 0 Å². The van der Waals surface area contributed by atoms with E-state index in [1.165, 1.54) is 50.2 Å². The molecule has 0 N–H and O–H groups in total. The van der Waals surface area contributed by atoms with Gasteiger partial charge in [0.25, 0.3) is 0 Å². The normalized spacial score (nSPS) is 16.3. The van der Waals surface area contributed by atoms with Gasteiger partial charge < -0.3 is 4.90 Å². The van der Waals surface area contributed by atoms with Crippen molar-refractivity contribution < 1.29 is 0 Å². The number of halogens is 1. The fraction of sp³-hybridized carbons (Fsp3) is 0.0811. The van der Waals surface area contributed by atoms with Gasteiger partial charge in [0.15, 0.2) is 0 Å². The third kappa shape index (κ3) is 5.06. The molecule has 0 radical (unpaired) electrons. The summed E-state index contributed by atoms with van der Waals surface area (Å²) >= 11 is 6.37. The first kappa shape index (κ1) is 25.0. The van der Waals surface area contributed by atoms with Crippen molar-refractivity contribution in [3.63, 3.8) is 0 Å². The highest BCUT2D eigenvalue weighted by molar-refractivity contribution is 6.30. The Balaban J connectivity index is 1.71. The van der Waals surface area contributed by atoms with E-state index in [2.05, 4.69) is 145 Å². The minimum absolute atomic E-state index is 0.0299. The molecule has 1 aliphatic heterocycles. The Morgan fingerprint density at radius 1 is 0.590 bits per heavy atom. The van der Waals surface area contributed by atoms with Gasteiger partial charge in [0.05, 0.1) is 6.04 Å². The summed E-state index contributed by atoms with van der Waals surface area (Å²) in [5, 5.41) is 0.748. The number of anilines is 1. The van der Waals surface area contributed by atoms with Crippen molar-refractivity contribution in [1.82, 2.24) is 0 Å². The van der Waals surface area contributed by atoms with E-state index < -0.39 is 0 Å². The number of nitrogens with zero attached hydrogens (tertiary/aromatic N) is 1. The quantitative estimate of drug-likeness (QED) is 0.221. The van der Waals surface area contributed by atoms with Gasteiger partial charge in [-0.2, -0.15) is 0 Å². The lowest BCUT2D eigenvalue weighted by atomic mass is 9.84. The van der Waals surface area contributed by atoms with Gasteiger partial charge in [0.1, 0.15) is 0 Å². The number of para-hydroxylation sites is 1. The first-order valence-corrected chi connectivity index (χ1v) is 13.8. The Morgan fingerprint density at radius 2 is 1.05 bits per heavy atom. The van der Waals surface area contributed by atoms with E-state index in [0.717, 1.165) is 11.6 Å². The molecule has 2 heteroatoms. The molecule has 0 aromatic heterocycles. The molecule has 1 heterocycles. The molecular formula is C37H30ClN. The molecule has 1 fully saturated rings. The zero-order chi connectivity index (χ0) is 26.6. The van der Waals surface area contributed by atoms with E-state index in [1.807, 2.05) is 12.1 Å². The van der Waals surface area contributed by atoms with Crippen LogP contribution in [0.2, 0.25) is 5.02 Å². The van der Waals surface area contributed by atoms with E-state index in [0.29, 0.717) is 0 Å². The summed E-state index contributed by atoms with van der Waals surface area (Å²) in [6.45, 7) is 3.06. The molecule has 190 valence electrons. The number of benzene rings is 5. The van der Waals surface area contributed by atoms with E-state index in [1.54, 1.807) is 0 Å². The Bertz CT molecular complexity index is 1560. The van der Waals surface area contributed by atoms with Gasteiger partial charge in [0.2, 0.25) is 0 Å². The van der Waals surface area contributed by atoms with Crippen LogP contribution in [-0.2, 0) is 0 Å². The van der Waals surface area contributed by atoms with Crippen LogP contribution in [0.5, 0.6) is 0 Å². The highest BCUT2D eigenvalue weighted by Gasteiger charge is 2.38. The largest absolute Gasteiger partial charge is 0.356 e. The van der Waals surface area contributed by atoms with Gasteiger partial charge in [-0.15, -0.1) is 0 Å². The number of allylic oxidation sites excluding steroid dienone is 1. The summed E-state index contributed by atoms with van der Waals surface area (Å²) < 4.78 is 0. The van der Waals surface area contributed by atoms with E-state index in [-0.39, 0.29) is 6.04 Å². The zero-order valence-corrected chi connectivity index (χ0v) is 22.7. The molecule has 1 aliphatic rings. The number of hydrogen-bond acceptors (Lipinski definition) is 1. The Labute approximate surface area is 236 Å². The van der Waals surface area contributed by atoms with Crippen LogP contribution in [-0.4, -0.2) is 6.54 Å². The van der Waals surface area contributed by atoms with Gasteiger partial charge in [0, 0.05) is 17.3 Å². The third-order valence-corrected chi connectivity index (χ3v) is 7.80. The van der Waals surface area contributed by atoms with Gasteiger partial charge >= 0.3 is 0 Å². The molecule has 5 aromatic rings. The SMILES string of the molecule is C/C(=C1/C(=C(c2ccccc2)c2ccccc2)CN(c2ccccc2)C1c1ccc(Cl)cc1)c1ccccc1. The molecule has 0 amide bonds. The Kier molecular flexibility index (Phi) is 7.17. The van der Waals surface area contributed by atoms with Crippen LogP contribution >= 0.6 is 11.6 Å². The fourth-order valence-electron chi connectivity index (χ4n) is 5.73. The molecule has 1 nitrogen and oxygen atoms in total. The molecule has 1 saturated heterocycles. The predicted molar refractivity (Wildman–Crippen MR) is 166 cm³/mol. The van der Waals surface area contributed by atoms with Crippen LogP contribution in [0.3, 0.4) is 0 Å². The van der Waals surface area contributed by atoms with Gasteiger partial charge in [-0.25, -0.2) is 0 Å². The summed E-state index contributed by atoms with van der Waals surface area (Å²) in [5.41, 5.74) is 11.4. The number of hydrogen-bond donors (Lipinski definition) is 0. The monoisotopic (exact) mass is 523 g/mol. The van der Waals surface area contributed by atoms with Crippen LogP contribution in [0.15, 0.2) is 157 Å². The number of rotatable bonds is 5. The second-order valence-electron chi connectivity index (χ2n) is 9.91. The standard InChI is InChI=1S/C37H30ClN/c1-27(28-14-6-2-7-15-28)35-34(36(29-16-8-3-9-17-29)30-18-10-4-11-19-30)26-39(33-20-12-5-13-21-33)37(35)31-22-24-32(38)25-23-31/h2-25,37H,26H2,1H3/b35-27+. The molecule has 0 bridgehead atoms. The van der Waals surface area contributed by atoms with Crippen LogP contribution in [0.1, 0.15) is 35.2 Å². The van der Waals surface area contributed by atoms with Crippen molar-refractivity contribution in [2.45, 2.75) is 13.0 Å². The van der Waals surface area contributed by atoms with Gasteiger partial charge in [-0.3, -0.25) is 0 Å². The lowest BCUT2D eigenvalue weighted by Gasteiger charge is -2.28. The third-order valence-electron chi connectivity index (χ3n) is 7.55. The molecule has 0 spiro atoms. The van der Waals surface area contributed by atoms with Crippen molar-refractivity contribution in [3.05, 3.63) is 184 Å². The van der Waals surface area contributed by atoms with Crippen molar-refractivity contribution in [1.29, 1.82) is 0 Å². The van der Waals surface area contributed by atoms with E-state index in [9.17, 15) is 0 Å². The minimum atomic E-state index is 0.0299. The Hall–Kier alpha value is -4.33. The second kappa shape index (κ2) is 11.2. The average Bonchev–Trinajstić information content (AvgIpc) is 3.39. The minimum Gasteiger partial charge on any atom is -0.356 e. The lowest BCUT2D eigenvalue weighted by Crippen LogP contribution is -2.23. The summed E-state index contributed by atoms with van der Waals surface area (Å²) in [6, 6.07) is 51.5. The molecule has 5 aromatic carbocycles. The molecule has 1 atom stereocenters. The second-order valence-corrected chi connectivity index (χ2v) is 10.3. The van der Waals surface area contributed by atoms with E-state index in [4.69, 9.17) is 11.6 Å². The smallest absolute Gasteiger partial charge is 0.0806 e. The maximum Gasteiger partial charge on any atom is 0.0806 e. The first-order valence-electron chi connectivity index (χ1n) is 13.4. The topological polar surface area (TPSA) is 3.24 Å². The zero-order valence-electron chi connectivity index (χ0n) is 22.0. The summed E-state index contributed by atoms with van der Waals surface area (Å²) in [6.07, 6.45) is 0. The average molecular weight is 524 g/mol. The van der Waals surface area contributed by atoms with Crippen molar-refractivity contribution in [2.24, 2.45) is 0 Å². The van der Waals surface area contributed by atoms with Crippen LogP contribution in [0, 0.1) is 0 Å². The van der Waals surface area contributed by atoms with Crippen LogP contribution in [0.4, 0.5) is 5.69 Å². The van der Waals surface area contributed by atoms with Crippen molar-refractivity contribution in [3.8, 4) is 0 Å². The van der Waals surface area contributed by atoms with Crippen molar-refractivity contribution >= 4 is 28.4 Å². The van der Waals surface area contributed by atoms with Gasteiger partial charge in [-0.1, -0.05) is 133 Å².